The number of anilines is 1. The summed E-state index contributed by atoms with van der Waals surface area (Å²) in [5, 5.41) is 3.13. The van der Waals surface area contributed by atoms with Crippen LogP contribution in [-0.4, -0.2) is 23.1 Å². The molecule has 0 bridgehead atoms. The minimum Gasteiger partial charge on any atom is -0.365 e. The highest BCUT2D eigenvalue weighted by molar-refractivity contribution is 5.38. The van der Waals surface area contributed by atoms with Gasteiger partial charge in [0.2, 0.25) is 0 Å². The van der Waals surface area contributed by atoms with Crippen LogP contribution >= 0.6 is 0 Å². The predicted octanol–water partition coefficient (Wildman–Crippen LogP) is 0.712. The molecule has 0 amide bonds. The molecule has 70 valence electrons. The second-order valence-corrected chi connectivity index (χ2v) is 2.58. The van der Waals surface area contributed by atoms with Crippen LogP contribution < -0.4 is 11.1 Å². The van der Waals surface area contributed by atoms with Gasteiger partial charge in [-0.25, -0.2) is 4.98 Å². The van der Waals surface area contributed by atoms with Crippen molar-refractivity contribution in [3.63, 3.8) is 0 Å². The number of aryl methyl sites for hydroxylation is 1. The van der Waals surface area contributed by atoms with Crippen LogP contribution in [0, 0.1) is 6.92 Å². The van der Waals surface area contributed by atoms with E-state index >= 15 is 0 Å². The molecule has 0 aromatic carbocycles. The Balaban J connectivity index is 2.45. The fourth-order valence-corrected chi connectivity index (χ4v) is 0.916. The van der Waals surface area contributed by atoms with Crippen molar-refractivity contribution in [3.8, 4) is 0 Å². The van der Waals surface area contributed by atoms with Gasteiger partial charge in [0.25, 0.3) is 0 Å². The van der Waals surface area contributed by atoms with Crippen LogP contribution in [-0.2, 0) is 0 Å². The fourth-order valence-electron chi connectivity index (χ4n) is 0.916. The highest BCUT2D eigenvalue weighted by Gasteiger charge is 1.95. The summed E-state index contributed by atoms with van der Waals surface area (Å²) in [7, 11) is 0. The van der Waals surface area contributed by atoms with Gasteiger partial charge in [0.1, 0.15) is 5.82 Å². The van der Waals surface area contributed by atoms with E-state index in [1.54, 1.807) is 12.4 Å². The molecule has 0 unspecified atom stereocenters. The molecule has 13 heavy (non-hydrogen) atoms. The van der Waals surface area contributed by atoms with Crippen molar-refractivity contribution in [1.82, 2.24) is 9.97 Å². The first-order valence-corrected chi connectivity index (χ1v) is 4.21. The van der Waals surface area contributed by atoms with Gasteiger partial charge in [-0.1, -0.05) is 12.2 Å². The van der Waals surface area contributed by atoms with Gasteiger partial charge < -0.3 is 11.1 Å². The zero-order chi connectivity index (χ0) is 9.52. The van der Waals surface area contributed by atoms with E-state index in [0.29, 0.717) is 6.54 Å². The molecule has 0 saturated heterocycles. The number of hydrogen-bond acceptors (Lipinski definition) is 4. The molecular formula is C9H14N4. The molecule has 1 aromatic rings. The van der Waals surface area contributed by atoms with Crippen molar-refractivity contribution in [2.75, 3.05) is 18.4 Å². The lowest BCUT2D eigenvalue weighted by Gasteiger charge is -2.03. The highest BCUT2D eigenvalue weighted by atomic mass is 15.0. The number of nitrogens with one attached hydrogen (secondary N) is 1. The van der Waals surface area contributed by atoms with E-state index < -0.39 is 0 Å². The molecule has 0 radical (unpaired) electrons. The number of nitrogens with zero attached hydrogens (tertiary/aromatic N) is 2. The van der Waals surface area contributed by atoms with Crippen LogP contribution in [0.4, 0.5) is 5.82 Å². The highest BCUT2D eigenvalue weighted by Crippen LogP contribution is 2.04. The van der Waals surface area contributed by atoms with Gasteiger partial charge in [0.05, 0.1) is 5.69 Å². The SMILES string of the molecule is Cc1nccnc1NC/C=C/CN. The molecule has 4 heteroatoms. The Kier molecular flexibility index (Phi) is 3.92. The topological polar surface area (TPSA) is 63.8 Å². The molecule has 0 spiro atoms. The maximum absolute atomic E-state index is 5.30. The molecule has 1 aromatic heterocycles. The van der Waals surface area contributed by atoms with E-state index in [4.69, 9.17) is 5.73 Å². The molecule has 0 aliphatic heterocycles. The molecule has 0 aliphatic rings. The van der Waals surface area contributed by atoms with Crippen molar-refractivity contribution in [1.29, 1.82) is 0 Å². The summed E-state index contributed by atoms with van der Waals surface area (Å²) in [6.07, 6.45) is 7.21. The smallest absolute Gasteiger partial charge is 0.147 e. The van der Waals surface area contributed by atoms with Crippen molar-refractivity contribution in [3.05, 3.63) is 30.2 Å². The van der Waals surface area contributed by atoms with Gasteiger partial charge in [-0.15, -0.1) is 0 Å². The fraction of sp³-hybridized carbons (Fsp3) is 0.333. The number of nitrogens with two attached hydrogens (primary N) is 1. The van der Waals surface area contributed by atoms with Crippen LogP contribution in [0.5, 0.6) is 0 Å². The van der Waals surface area contributed by atoms with Crippen LogP contribution in [0.25, 0.3) is 0 Å². The molecule has 0 atom stereocenters. The van der Waals surface area contributed by atoms with Crippen LogP contribution in [0.3, 0.4) is 0 Å². The third kappa shape index (κ3) is 3.21. The Labute approximate surface area is 77.9 Å². The van der Waals surface area contributed by atoms with E-state index in [-0.39, 0.29) is 0 Å². The van der Waals surface area contributed by atoms with Crippen molar-refractivity contribution in [2.24, 2.45) is 5.73 Å². The minimum atomic E-state index is 0.571. The summed E-state index contributed by atoms with van der Waals surface area (Å²) in [6.45, 7) is 3.22. The summed E-state index contributed by atoms with van der Waals surface area (Å²) in [6, 6.07) is 0. The zero-order valence-corrected chi connectivity index (χ0v) is 7.70. The summed E-state index contributed by atoms with van der Waals surface area (Å²) in [5.41, 5.74) is 6.20. The first kappa shape index (κ1) is 9.67. The lowest BCUT2D eigenvalue weighted by Crippen LogP contribution is -2.04. The Morgan fingerprint density at radius 3 is 2.85 bits per heavy atom. The first-order chi connectivity index (χ1) is 6.34. The zero-order valence-electron chi connectivity index (χ0n) is 7.70. The van der Waals surface area contributed by atoms with E-state index in [9.17, 15) is 0 Å². The van der Waals surface area contributed by atoms with Crippen LogP contribution in [0.2, 0.25) is 0 Å². The van der Waals surface area contributed by atoms with Gasteiger partial charge in [-0.2, -0.15) is 0 Å². The normalized spacial score (nSPS) is 10.6. The van der Waals surface area contributed by atoms with Crippen molar-refractivity contribution < 1.29 is 0 Å². The standard InChI is InChI=1S/C9H14N4/c1-8-9(13-7-6-11-8)12-5-3-2-4-10/h2-3,6-7H,4-5,10H2,1H3,(H,12,13)/b3-2+. The van der Waals surface area contributed by atoms with Gasteiger partial charge in [-0.3, -0.25) is 4.98 Å². The van der Waals surface area contributed by atoms with E-state index in [1.165, 1.54) is 0 Å². The average Bonchev–Trinajstić information content (AvgIpc) is 2.15. The summed E-state index contributed by atoms with van der Waals surface area (Å²) in [4.78, 5) is 8.24. The maximum atomic E-state index is 5.30. The monoisotopic (exact) mass is 178 g/mol. The molecule has 3 N–H and O–H groups in total. The lowest BCUT2D eigenvalue weighted by molar-refractivity contribution is 1.09. The Morgan fingerprint density at radius 1 is 1.38 bits per heavy atom. The molecular weight excluding hydrogens is 164 g/mol. The van der Waals surface area contributed by atoms with Gasteiger partial charge in [0, 0.05) is 25.5 Å². The van der Waals surface area contributed by atoms with E-state index in [0.717, 1.165) is 18.1 Å². The number of hydrogen-bond donors (Lipinski definition) is 2. The molecule has 4 nitrogen and oxygen atoms in total. The quantitative estimate of drug-likeness (QED) is 0.666. The van der Waals surface area contributed by atoms with Crippen LogP contribution in [0.1, 0.15) is 5.69 Å². The van der Waals surface area contributed by atoms with Crippen LogP contribution in [0.15, 0.2) is 24.5 Å². The second kappa shape index (κ2) is 5.27. The molecule has 0 aliphatic carbocycles. The van der Waals surface area contributed by atoms with Gasteiger partial charge in [-0.05, 0) is 6.92 Å². The Bertz CT molecular complexity index is 283. The predicted molar refractivity (Wildman–Crippen MR) is 53.5 cm³/mol. The van der Waals surface area contributed by atoms with Gasteiger partial charge >= 0.3 is 0 Å². The average molecular weight is 178 g/mol. The molecule has 0 fully saturated rings. The summed E-state index contributed by atoms with van der Waals surface area (Å²) in [5.74, 6) is 0.823. The lowest BCUT2D eigenvalue weighted by atomic mass is 10.4. The summed E-state index contributed by atoms with van der Waals surface area (Å²) < 4.78 is 0. The third-order valence-electron chi connectivity index (χ3n) is 1.57. The molecule has 0 saturated carbocycles. The molecule has 1 heterocycles. The Morgan fingerprint density at radius 2 is 2.15 bits per heavy atom. The third-order valence-corrected chi connectivity index (χ3v) is 1.57. The van der Waals surface area contributed by atoms with Crippen molar-refractivity contribution >= 4 is 5.82 Å². The first-order valence-electron chi connectivity index (χ1n) is 4.21. The maximum Gasteiger partial charge on any atom is 0.147 e. The Hall–Kier alpha value is -1.42. The summed E-state index contributed by atoms with van der Waals surface area (Å²) >= 11 is 0. The molecule has 1 rings (SSSR count). The minimum absolute atomic E-state index is 0.571. The van der Waals surface area contributed by atoms with Gasteiger partial charge in [0.15, 0.2) is 0 Å². The van der Waals surface area contributed by atoms with E-state index in [1.807, 2.05) is 19.1 Å². The van der Waals surface area contributed by atoms with Crippen molar-refractivity contribution in [2.45, 2.75) is 6.92 Å². The van der Waals surface area contributed by atoms with E-state index in [2.05, 4.69) is 15.3 Å². The second-order valence-electron chi connectivity index (χ2n) is 2.58. The number of aromatic nitrogens is 2. The largest absolute Gasteiger partial charge is 0.365 e. The number of rotatable bonds is 4.